The fourth-order valence-corrected chi connectivity index (χ4v) is 3.48. The van der Waals surface area contributed by atoms with E-state index in [1.807, 2.05) is 37.3 Å². The van der Waals surface area contributed by atoms with E-state index in [1.165, 1.54) is 10.1 Å². The first-order valence-corrected chi connectivity index (χ1v) is 7.66. The van der Waals surface area contributed by atoms with Crippen molar-refractivity contribution >= 4 is 38.8 Å². The normalized spacial score (nSPS) is 10.9. The van der Waals surface area contributed by atoms with E-state index in [0.29, 0.717) is 17.0 Å². The third kappa shape index (κ3) is 2.37. The Morgan fingerprint density at radius 1 is 1.15 bits per heavy atom. The van der Waals surface area contributed by atoms with E-state index in [2.05, 4.69) is 17.5 Å². The summed E-state index contributed by atoms with van der Waals surface area (Å²) in [5.74, 6) is 0.119. The van der Waals surface area contributed by atoms with E-state index in [4.69, 9.17) is 11.6 Å². The highest BCUT2D eigenvalue weighted by molar-refractivity contribution is 7.17. The summed E-state index contributed by atoms with van der Waals surface area (Å²) in [6.45, 7) is 1.89. The zero-order chi connectivity index (χ0) is 14.1. The van der Waals surface area contributed by atoms with Gasteiger partial charge in [0.05, 0.1) is 0 Å². The van der Waals surface area contributed by atoms with E-state index in [9.17, 15) is 4.79 Å². The number of carbonyl (C=O) groups is 1. The molecular weight excluding hydrogens is 288 g/mol. The largest absolute Gasteiger partial charge is 0.294 e. The van der Waals surface area contributed by atoms with Gasteiger partial charge in [0.15, 0.2) is 5.78 Å². The van der Waals surface area contributed by atoms with E-state index < -0.39 is 0 Å². The van der Waals surface area contributed by atoms with E-state index in [0.717, 1.165) is 11.1 Å². The summed E-state index contributed by atoms with van der Waals surface area (Å²) < 4.78 is 1.22. The van der Waals surface area contributed by atoms with Crippen LogP contribution in [0.15, 0.2) is 47.8 Å². The molecule has 1 aromatic heterocycles. The van der Waals surface area contributed by atoms with Crippen molar-refractivity contribution in [1.29, 1.82) is 0 Å². The van der Waals surface area contributed by atoms with Crippen molar-refractivity contribution in [2.45, 2.75) is 13.3 Å². The van der Waals surface area contributed by atoms with Gasteiger partial charge in [-0.3, -0.25) is 4.79 Å². The number of benzene rings is 2. The van der Waals surface area contributed by atoms with E-state index in [1.54, 1.807) is 11.3 Å². The molecule has 0 bridgehead atoms. The highest BCUT2D eigenvalue weighted by Crippen LogP contribution is 2.27. The molecule has 0 saturated heterocycles. The zero-order valence-electron chi connectivity index (χ0n) is 11.0. The van der Waals surface area contributed by atoms with Crippen LogP contribution in [0.25, 0.3) is 10.1 Å². The Balaban J connectivity index is 1.95. The summed E-state index contributed by atoms with van der Waals surface area (Å²) in [5, 5.41) is 3.89. The third-order valence-corrected chi connectivity index (χ3v) is 4.90. The Bertz CT molecular complexity index is 789. The molecule has 100 valence electrons. The second-order valence-corrected chi connectivity index (χ2v) is 6.09. The van der Waals surface area contributed by atoms with Gasteiger partial charge in [-0.05, 0) is 40.9 Å². The molecule has 0 spiro atoms. The number of halogens is 1. The predicted octanol–water partition coefficient (Wildman–Crippen LogP) is 5.29. The average Bonchev–Trinajstić information content (AvgIpc) is 2.85. The second kappa shape index (κ2) is 5.39. The molecule has 0 radical (unpaired) electrons. The number of Topliss-reactive ketones (excluding diaryl/α,β-unsaturated/α-hetero) is 1. The fourth-order valence-electron chi connectivity index (χ4n) is 2.35. The van der Waals surface area contributed by atoms with Gasteiger partial charge in [-0.2, -0.15) is 0 Å². The van der Waals surface area contributed by atoms with Crippen LogP contribution >= 0.6 is 22.9 Å². The molecule has 0 amide bonds. The number of hydrogen-bond acceptors (Lipinski definition) is 2. The minimum Gasteiger partial charge on any atom is -0.294 e. The molecule has 20 heavy (non-hydrogen) atoms. The zero-order valence-corrected chi connectivity index (χ0v) is 12.6. The highest BCUT2D eigenvalue weighted by atomic mass is 35.5. The lowest BCUT2D eigenvalue weighted by atomic mass is 9.99. The highest BCUT2D eigenvalue weighted by Gasteiger charge is 2.14. The first kappa shape index (κ1) is 13.3. The topological polar surface area (TPSA) is 17.1 Å². The van der Waals surface area contributed by atoms with Crippen molar-refractivity contribution in [2.24, 2.45) is 0 Å². The maximum absolute atomic E-state index is 12.5. The van der Waals surface area contributed by atoms with E-state index in [-0.39, 0.29) is 5.78 Å². The van der Waals surface area contributed by atoms with Crippen molar-refractivity contribution in [3.05, 3.63) is 69.6 Å². The van der Waals surface area contributed by atoms with Gasteiger partial charge < -0.3 is 0 Å². The summed E-state index contributed by atoms with van der Waals surface area (Å²) in [5.41, 5.74) is 2.67. The monoisotopic (exact) mass is 300 g/mol. The molecule has 0 aliphatic carbocycles. The summed E-state index contributed by atoms with van der Waals surface area (Å²) in [7, 11) is 0. The molecule has 1 heterocycles. The molecule has 0 unspecified atom stereocenters. The summed E-state index contributed by atoms with van der Waals surface area (Å²) in [6.07, 6.45) is 0.422. The summed E-state index contributed by atoms with van der Waals surface area (Å²) in [4.78, 5) is 12.5. The Morgan fingerprint density at radius 2 is 1.95 bits per heavy atom. The van der Waals surface area contributed by atoms with Crippen LogP contribution in [0.1, 0.15) is 21.5 Å². The van der Waals surface area contributed by atoms with E-state index >= 15 is 0 Å². The smallest absolute Gasteiger partial charge is 0.167 e. The molecule has 0 saturated carbocycles. The molecule has 0 N–H and O–H groups in total. The molecule has 0 atom stereocenters. The van der Waals surface area contributed by atoms with Crippen molar-refractivity contribution in [1.82, 2.24) is 0 Å². The number of hydrogen-bond donors (Lipinski definition) is 0. The van der Waals surface area contributed by atoms with Crippen molar-refractivity contribution in [3.8, 4) is 0 Å². The Kier molecular flexibility index (Phi) is 3.60. The molecule has 0 fully saturated rings. The summed E-state index contributed by atoms with van der Waals surface area (Å²) in [6, 6.07) is 13.7. The maximum atomic E-state index is 12.5. The molecular formula is C17H13ClOS. The quantitative estimate of drug-likeness (QED) is 0.601. The van der Waals surface area contributed by atoms with Gasteiger partial charge in [0, 0.05) is 21.7 Å². The van der Waals surface area contributed by atoms with Crippen molar-refractivity contribution < 1.29 is 4.79 Å². The van der Waals surface area contributed by atoms with Crippen LogP contribution < -0.4 is 0 Å². The van der Waals surface area contributed by atoms with Gasteiger partial charge >= 0.3 is 0 Å². The lowest BCUT2D eigenvalue weighted by Gasteiger charge is -2.06. The van der Waals surface area contributed by atoms with Crippen LogP contribution in [-0.2, 0) is 6.42 Å². The van der Waals surface area contributed by atoms with Crippen LogP contribution in [0.2, 0.25) is 5.02 Å². The molecule has 2 aromatic carbocycles. The molecule has 3 heteroatoms. The lowest BCUT2D eigenvalue weighted by molar-refractivity contribution is 0.0993. The van der Waals surface area contributed by atoms with Crippen LogP contribution in [-0.4, -0.2) is 5.78 Å². The van der Waals surface area contributed by atoms with Crippen LogP contribution in [0.3, 0.4) is 0 Å². The Labute approximate surface area is 126 Å². The first-order chi connectivity index (χ1) is 9.66. The van der Waals surface area contributed by atoms with Crippen LogP contribution in [0.4, 0.5) is 0 Å². The van der Waals surface area contributed by atoms with Gasteiger partial charge in [-0.15, -0.1) is 11.3 Å². The Hall–Kier alpha value is -1.64. The average molecular weight is 301 g/mol. The van der Waals surface area contributed by atoms with Crippen LogP contribution in [0, 0.1) is 6.92 Å². The molecule has 1 nitrogen and oxygen atoms in total. The molecule has 0 aliphatic rings. The maximum Gasteiger partial charge on any atom is 0.167 e. The molecule has 3 rings (SSSR count). The number of thiophene rings is 1. The van der Waals surface area contributed by atoms with Gasteiger partial charge in [0.2, 0.25) is 0 Å². The standard InChI is InChI=1S/C17H13ClOS/c1-11-13(6-4-7-15(11)18)16(19)9-12-10-20-17-8-3-2-5-14(12)17/h2-8,10H,9H2,1H3. The molecule has 3 aromatic rings. The number of rotatable bonds is 3. The Morgan fingerprint density at radius 3 is 2.80 bits per heavy atom. The number of fused-ring (bicyclic) bond motifs is 1. The van der Waals surface area contributed by atoms with Crippen molar-refractivity contribution in [3.63, 3.8) is 0 Å². The third-order valence-electron chi connectivity index (χ3n) is 3.48. The minimum atomic E-state index is 0.119. The fraction of sp³-hybridized carbons (Fsp3) is 0.118. The van der Waals surface area contributed by atoms with Gasteiger partial charge in [-0.25, -0.2) is 0 Å². The number of carbonyl (C=O) groups excluding carboxylic acids is 1. The van der Waals surface area contributed by atoms with Gasteiger partial charge in [0.25, 0.3) is 0 Å². The minimum absolute atomic E-state index is 0.119. The summed E-state index contributed by atoms with van der Waals surface area (Å²) >= 11 is 7.76. The lowest BCUT2D eigenvalue weighted by Crippen LogP contribution is -2.05. The van der Waals surface area contributed by atoms with Crippen molar-refractivity contribution in [2.75, 3.05) is 0 Å². The molecule has 0 aliphatic heterocycles. The predicted molar refractivity (Wildman–Crippen MR) is 86.0 cm³/mol. The first-order valence-electron chi connectivity index (χ1n) is 6.40. The second-order valence-electron chi connectivity index (χ2n) is 4.77. The number of ketones is 1. The van der Waals surface area contributed by atoms with Crippen LogP contribution in [0.5, 0.6) is 0 Å². The van der Waals surface area contributed by atoms with Gasteiger partial charge in [0.1, 0.15) is 0 Å². The van der Waals surface area contributed by atoms with Gasteiger partial charge in [-0.1, -0.05) is 41.9 Å². The SMILES string of the molecule is Cc1c(Cl)cccc1C(=O)Cc1csc2ccccc12.